The Hall–Kier alpha value is -3.52. The zero-order chi connectivity index (χ0) is 23.2. The van der Waals surface area contributed by atoms with Crippen molar-refractivity contribution in [3.63, 3.8) is 0 Å². The summed E-state index contributed by atoms with van der Waals surface area (Å²) in [7, 11) is 0. The Labute approximate surface area is 195 Å². The Balaban J connectivity index is 1.63. The molecule has 5 aromatic carbocycles. The van der Waals surface area contributed by atoms with Crippen molar-refractivity contribution in [1.29, 1.82) is 0 Å². The first kappa shape index (κ1) is 21.3. The Morgan fingerprint density at radius 1 is 0.848 bits per heavy atom. The van der Waals surface area contributed by atoms with Crippen LogP contribution in [0.5, 0.6) is 0 Å². The lowest BCUT2D eigenvalue weighted by Gasteiger charge is -2.12. The smallest absolute Gasteiger partial charge is 0.187 e. The van der Waals surface area contributed by atoms with Gasteiger partial charge in [-0.15, -0.1) is 0 Å². The minimum atomic E-state index is -2.09. The van der Waals surface area contributed by atoms with E-state index >= 15 is 0 Å². The summed E-state index contributed by atoms with van der Waals surface area (Å²) in [6, 6.07) is 24.4. The van der Waals surface area contributed by atoms with Crippen molar-refractivity contribution in [1.82, 2.24) is 0 Å². The first-order valence-electron chi connectivity index (χ1n) is 10.8. The molecule has 0 amide bonds. The van der Waals surface area contributed by atoms with Crippen molar-refractivity contribution >= 4 is 49.6 Å². The molecule has 5 rings (SSSR count). The lowest BCUT2D eigenvalue weighted by atomic mass is 9.92. The van der Waals surface area contributed by atoms with Gasteiger partial charge in [-0.25, -0.2) is 4.21 Å². The van der Waals surface area contributed by atoms with E-state index in [0.29, 0.717) is 10.5 Å². The highest BCUT2D eigenvalue weighted by Gasteiger charge is 2.11. The normalized spacial score (nSPS) is 13.1. The van der Waals surface area contributed by atoms with Crippen molar-refractivity contribution in [2.45, 2.75) is 31.2 Å². The third-order valence-corrected chi connectivity index (χ3v) is 6.41. The van der Waals surface area contributed by atoms with Crippen LogP contribution in [0, 0.1) is 11.8 Å². The molecule has 0 saturated carbocycles. The maximum Gasteiger partial charge on any atom is 0.187 e. The van der Waals surface area contributed by atoms with Crippen LogP contribution in [-0.2, 0) is 11.1 Å². The van der Waals surface area contributed by atoms with Crippen LogP contribution in [0.2, 0.25) is 0 Å². The predicted molar refractivity (Wildman–Crippen MR) is 139 cm³/mol. The summed E-state index contributed by atoms with van der Waals surface area (Å²) < 4.78 is 21.4. The van der Waals surface area contributed by atoms with Gasteiger partial charge in [0.25, 0.3) is 0 Å². The van der Waals surface area contributed by atoms with Crippen LogP contribution in [0.25, 0.3) is 32.3 Å². The molecule has 4 heteroatoms. The van der Waals surface area contributed by atoms with Crippen molar-refractivity contribution in [3.8, 4) is 11.8 Å². The van der Waals surface area contributed by atoms with E-state index in [1.54, 1.807) is 18.3 Å². The van der Waals surface area contributed by atoms with Gasteiger partial charge in [0.2, 0.25) is 0 Å². The molecule has 1 unspecified atom stereocenters. The monoisotopic (exact) mass is 449 g/mol. The fourth-order valence-corrected chi connectivity index (χ4v) is 4.63. The number of nitrogens with zero attached hydrogens (tertiary/aromatic N) is 1. The highest BCUT2D eigenvalue weighted by Crippen LogP contribution is 2.35. The highest BCUT2D eigenvalue weighted by atomic mass is 32.2. The zero-order valence-electron chi connectivity index (χ0n) is 18.7. The van der Waals surface area contributed by atoms with Gasteiger partial charge in [0.1, 0.15) is 0 Å². The van der Waals surface area contributed by atoms with Gasteiger partial charge in [0.15, 0.2) is 11.1 Å². The molecule has 1 atom stereocenters. The highest BCUT2D eigenvalue weighted by molar-refractivity contribution is 7.79. The van der Waals surface area contributed by atoms with Gasteiger partial charge in [0, 0.05) is 22.9 Å². The van der Waals surface area contributed by atoms with E-state index in [1.807, 2.05) is 26.8 Å². The number of hydrogen-bond donors (Lipinski definition) is 1. The zero-order valence-corrected chi connectivity index (χ0v) is 19.5. The van der Waals surface area contributed by atoms with E-state index in [2.05, 4.69) is 71.4 Å². The third-order valence-electron chi connectivity index (χ3n) is 5.66. The Kier molecular flexibility index (Phi) is 5.25. The maximum absolute atomic E-state index is 11.8. The fourth-order valence-electron chi connectivity index (χ4n) is 4.13. The second kappa shape index (κ2) is 8.12. The van der Waals surface area contributed by atoms with Crippen LogP contribution in [0.1, 0.15) is 37.5 Å². The van der Waals surface area contributed by atoms with E-state index in [1.165, 1.54) is 26.9 Å². The van der Waals surface area contributed by atoms with Gasteiger partial charge in [-0.2, -0.15) is 0 Å². The summed E-state index contributed by atoms with van der Waals surface area (Å²) in [6.45, 7) is 5.95. The molecule has 0 aliphatic carbocycles. The Morgan fingerprint density at radius 2 is 1.52 bits per heavy atom. The lowest BCUT2D eigenvalue weighted by molar-refractivity contribution is 0.564. The van der Waals surface area contributed by atoms with E-state index in [4.69, 9.17) is 0 Å². The molecule has 0 saturated heterocycles. The molecular formula is C29H23NO2S. The molecule has 0 aliphatic heterocycles. The Bertz CT molecular complexity index is 1620. The topological polar surface area (TPSA) is 49.7 Å². The van der Waals surface area contributed by atoms with Crippen LogP contribution < -0.4 is 0 Å². The third kappa shape index (κ3) is 4.14. The summed E-state index contributed by atoms with van der Waals surface area (Å²) in [5, 5.41) is 7.30. The molecule has 5 aromatic rings. The number of rotatable bonds is 2. The molecule has 3 nitrogen and oxygen atoms in total. The summed E-state index contributed by atoms with van der Waals surface area (Å²) in [5.74, 6) is 6.58. The van der Waals surface area contributed by atoms with Crippen LogP contribution in [0.15, 0.2) is 82.7 Å². The molecule has 33 heavy (non-hydrogen) atoms. The van der Waals surface area contributed by atoms with Gasteiger partial charge >= 0.3 is 0 Å². The molecule has 0 radical (unpaired) electrons. The quantitative estimate of drug-likeness (QED) is 0.140. The molecular weight excluding hydrogens is 426 g/mol. The minimum Gasteiger partial charge on any atom is -0.302 e. The fraction of sp³-hybridized carbons (Fsp3) is 0.138. The second-order valence-electron chi connectivity index (χ2n) is 9.15. The van der Waals surface area contributed by atoms with E-state index in [9.17, 15) is 8.76 Å². The van der Waals surface area contributed by atoms with Gasteiger partial charge in [-0.05, 0) is 77.4 Å². The Morgan fingerprint density at radius 3 is 2.21 bits per heavy atom. The molecule has 1 N–H and O–H groups in total. The molecule has 162 valence electrons. The van der Waals surface area contributed by atoms with E-state index in [-0.39, 0.29) is 5.54 Å². The predicted octanol–water partition coefficient (Wildman–Crippen LogP) is 6.78. The average Bonchev–Trinajstić information content (AvgIpc) is 2.79. The van der Waals surface area contributed by atoms with Crippen molar-refractivity contribution in [2.75, 3.05) is 0 Å². The summed E-state index contributed by atoms with van der Waals surface area (Å²) in [4.78, 5) is 4.83. The summed E-state index contributed by atoms with van der Waals surface area (Å²) >= 11 is -2.09. The SMILES string of the molecule is CC(C)(C)N=Cc1cc(C#Cc2ccc3ccc4cccc5ccc2c3c45)ccc1S(=O)O. The van der Waals surface area contributed by atoms with Gasteiger partial charge in [0.05, 0.1) is 10.4 Å². The minimum absolute atomic E-state index is 0.280. The first-order valence-corrected chi connectivity index (χ1v) is 11.9. The first-order chi connectivity index (χ1) is 15.8. The van der Waals surface area contributed by atoms with Crippen LogP contribution in [0.3, 0.4) is 0 Å². The molecule has 0 aromatic heterocycles. The number of hydrogen-bond acceptors (Lipinski definition) is 2. The van der Waals surface area contributed by atoms with Crippen molar-refractivity contribution in [2.24, 2.45) is 4.99 Å². The number of aliphatic imine (C=N–C) groups is 1. The van der Waals surface area contributed by atoms with Crippen LogP contribution in [0.4, 0.5) is 0 Å². The average molecular weight is 450 g/mol. The van der Waals surface area contributed by atoms with E-state index in [0.717, 1.165) is 16.5 Å². The summed E-state index contributed by atoms with van der Waals surface area (Å²) in [6.07, 6.45) is 1.66. The second-order valence-corrected chi connectivity index (χ2v) is 10.1. The largest absolute Gasteiger partial charge is 0.302 e. The number of benzene rings is 5. The van der Waals surface area contributed by atoms with Crippen LogP contribution in [-0.4, -0.2) is 20.5 Å². The van der Waals surface area contributed by atoms with Gasteiger partial charge in [-0.3, -0.25) is 4.99 Å². The standard InChI is InChI=1S/C29H23NO2S/c1-29(2,3)30-18-24-17-19(8-16-26(24)33(31)32)7-9-20-10-11-23-13-12-21-5-4-6-22-14-15-25(20)28(23)27(21)22/h4-6,8,10-18H,1-3H3,(H,31,32). The lowest BCUT2D eigenvalue weighted by Crippen LogP contribution is -2.10. The maximum atomic E-state index is 11.8. The van der Waals surface area contributed by atoms with E-state index < -0.39 is 11.1 Å². The van der Waals surface area contributed by atoms with Crippen LogP contribution >= 0.6 is 0 Å². The molecule has 0 fully saturated rings. The van der Waals surface area contributed by atoms with Crippen molar-refractivity contribution < 1.29 is 8.76 Å². The van der Waals surface area contributed by atoms with Gasteiger partial charge in [-0.1, -0.05) is 60.4 Å². The molecule has 0 aliphatic rings. The van der Waals surface area contributed by atoms with Gasteiger partial charge < -0.3 is 4.55 Å². The molecule has 0 heterocycles. The van der Waals surface area contributed by atoms with Crippen molar-refractivity contribution in [3.05, 3.63) is 89.5 Å². The summed E-state index contributed by atoms with van der Waals surface area (Å²) in [5.41, 5.74) is 2.05. The molecule has 0 bridgehead atoms. The molecule has 0 spiro atoms.